The SMILES string of the molecule is NC(CCC(=O)O)C(=O)N1CCCN(CC(=O)O)CC1. The Morgan fingerprint density at radius 3 is 2.35 bits per heavy atom. The Hall–Kier alpha value is -1.67. The highest BCUT2D eigenvalue weighted by atomic mass is 16.4. The van der Waals surface area contributed by atoms with Crippen LogP contribution in [0.15, 0.2) is 0 Å². The molecule has 1 heterocycles. The Bertz CT molecular complexity index is 374. The Labute approximate surface area is 117 Å². The van der Waals surface area contributed by atoms with E-state index in [1.807, 2.05) is 0 Å². The molecule has 1 unspecified atom stereocenters. The second-order valence-electron chi connectivity index (χ2n) is 4.89. The molecular formula is C12H21N3O5. The number of hydrogen-bond acceptors (Lipinski definition) is 5. The molecule has 0 aliphatic carbocycles. The van der Waals surface area contributed by atoms with Crippen molar-refractivity contribution in [2.45, 2.75) is 25.3 Å². The topological polar surface area (TPSA) is 124 Å². The number of nitrogens with two attached hydrogens (primary N) is 1. The lowest BCUT2D eigenvalue weighted by Gasteiger charge is -2.24. The van der Waals surface area contributed by atoms with Crippen molar-refractivity contribution in [1.29, 1.82) is 0 Å². The molecule has 0 bridgehead atoms. The lowest BCUT2D eigenvalue weighted by atomic mass is 10.1. The normalized spacial score (nSPS) is 18.4. The first kappa shape index (κ1) is 16.4. The molecule has 0 aromatic carbocycles. The maximum Gasteiger partial charge on any atom is 0.317 e. The predicted molar refractivity (Wildman–Crippen MR) is 70.1 cm³/mol. The average Bonchev–Trinajstić information content (AvgIpc) is 2.60. The van der Waals surface area contributed by atoms with Crippen LogP contribution in [0.5, 0.6) is 0 Å². The van der Waals surface area contributed by atoms with E-state index < -0.39 is 18.0 Å². The third kappa shape index (κ3) is 5.54. The van der Waals surface area contributed by atoms with Crippen molar-refractivity contribution < 1.29 is 24.6 Å². The first-order valence-corrected chi connectivity index (χ1v) is 6.60. The van der Waals surface area contributed by atoms with Crippen LogP contribution in [0.3, 0.4) is 0 Å². The molecule has 20 heavy (non-hydrogen) atoms. The fourth-order valence-corrected chi connectivity index (χ4v) is 2.18. The molecule has 8 nitrogen and oxygen atoms in total. The van der Waals surface area contributed by atoms with Gasteiger partial charge in [0.15, 0.2) is 0 Å². The minimum absolute atomic E-state index is 0.0346. The van der Waals surface area contributed by atoms with Crippen molar-refractivity contribution in [3.63, 3.8) is 0 Å². The van der Waals surface area contributed by atoms with Gasteiger partial charge in [0, 0.05) is 32.6 Å². The molecule has 0 spiro atoms. The highest BCUT2D eigenvalue weighted by molar-refractivity contribution is 5.82. The fraction of sp³-hybridized carbons (Fsp3) is 0.750. The maximum atomic E-state index is 12.1. The van der Waals surface area contributed by atoms with E-state index >= 15 is 0 Å². The summed E-state index contributed by atoms with van der Waals surface area (Å²) in [6.07, 6.45) is 0.667. The van der Waals surface area contributed by atoms with Crippen LogP contribution in [0.25, 0.3) is 0 Å². The molecule has 0 aromatic heterocycles. The number of carbonyl (C=O) groups is 3. The molecule has 1 fully saturated rings. The number of carbonyl (C=O) groups excluding carboxylic acids is 1. The van der Waals surface area contributed by atoms with Gasteiger partial charge in [-0.3, -0.25) is 19.3 Å². The minimum atomic E-state index is -0.975. The van der Waals surface area contributed by atoms with Crippen LogP contribution in [0.4, 0.5) is 0 Å². The summed E-state index contributed by atoms with van der Waals surface area (Å²) in [5.41, 5.74) is 5.70. The molecule has 1 amide bonds. The summed E-state index contributed by atoms with van der Waals surface area (Å²) in [7, 11) is 0. The number of aliphatic carboxylic acids is 2. The van der Waals surface area contributed by atoms with Crippen LogP contribution in [-0.4, -0.2) is 76.6 Å². The highest BCUT2D eigenvalue weighted by Crippen LogP contribution is 2.07. The maximum absolute atomic E-state index is 12.1. The molecule has 0 aromatic rings. The van der Waals surface area contributed by atoms with Crippen LogP contribution in [0.1, 0.15) is 19.3 Å². The second-order valence-corrected chi connectivity index (χ2v) is 4.89. The van der Waals surface area contributed by atoms with Crippen molar-refractivity contribution in [2.75, 3.05) is 32.7 Å². The standard InChI is InChI=1S/C12H21N3O5/c13-9(2-3-10(16)17)12(20)15-5-1-4-14(6-7-15)8-11(18)19/h9H,1-8,13H2,(H,16,17)(H,18,19). The van der Waals surface area contributed by atoms with Gasteiger partial charge in [-0.25, -0.2) is 0 Å². The molecule has 4 N–H and O–H groups in total. The summed E-state index contributed by atoms with van der Waals surface area (Å²) in [4.78, 5) is 36.5. The van der Waals surface area contributed by atoms with E-state index in [2.05, 4.69) is 0 Å². The zero-order valence-electron chi connectivity index (χ0n) is 11.3. The number of carboxylic acid groups (broad SMARTS) is 2. The van der Waals surface area contributed by atoms with Crippen LogP contribution in [-0.2, 0) is 14.4 Å². The summed E-state index contributed by atoms with van der Waals surface area (Å²) < 4.78 is 0. The van der Waals surface area contributed by atoms with Crippen LogP contribution >= 0.6 is 0 Å². The Morgan fingerprint density at radius 2 is 1.75 bits per heavy atom. The largest absolute Gasteiger partial charge is 0.481 e. The molecule has 0 radical (unpaired) electrons. The Kier molecular flexibility index (Phi) is 6.40. The second kappa shape index (κ2) is 7.81. The lowest BCUT2D eigenvalue weighted by Crippen LogP contribution is -2.45. The molecule has 1 atom stereocenters. The zero-order valence-corrected chi connectivity index (χ0v) is 11.3. The Balaban J connectivity index is 2.45. The van der Waals surface area contributed by atoms with Gasteiger partial charge in [-0.2, -0.15) is 0 Å². The van der Waals surface area contributed by atoms with Crippen LogP contribution in [0.2, 0.25) is 0 Å². The highest BCUT2D eigenvalue weighted by Gasteiger charge is 2.24. The van der Waals surface area contributed by atoms with Crippen molar-refractivity contribution >= 4 is 17.8 Å². The van der Waals surface area contributed by atoms with E-state index in [4.69, 9.17) is 15.9 Å². The molecule has 114 valence electrons. The van der Waals surface area contributed by atoms with Crippen LogP contribution in [0, 0.1) is 0 Å². The van der Waals surface area contributed by atoms with Gasteiger partial charge in [-0.15, -0.1) is 0 Å². The molecule has 1 aliphatic heterocycles. The molecule has 8 heteroatoms. The first-order chi connectivity index (χ1) is 9.40. The van der Waals surface area contributed by atoms with E-state index in [1.54, 1.807) is 9.80 Å². The predicted octanol–water partition coefficient (Wildman–Crippen LogP) is -1.20. The fourth-order valence-electron chi connectivity index (χ4n) is 2.18. The molecule has 1 saturated heterocycles. The van der Waals surface area contributed by atoms with Gasteiger partial charge < -0.3 is 20.8 Å². The van der Waals surface area contributed by atoms with E-state index in [9.17, 15) is 14.4 Å². The van der Waals surface area contributed by atoms with Gasteiger partial charge in [0.1, 0.15) is 0 Å². The number of rotatable bonds is 6. The summed E-state index contributed by atoms with van der Waals surface area (Å²) in [6, 6.07) is -0.808. The average molecular weight is 287 g/mol. The van der Waals surface area contributed by atoms with E-state index in [0.717, 1.165) is 0 Å². The van der Waals surface area contributed by atoms with Crippen molar-refractivity contribution in [3.8, 4) is 0 Å². The summed E-state index contributed by atoms with van der Waals surface area (Å²) in [5, 5.41) is 17.3. The molecular weight excluding hydrogens is 266 g/mol. The van der Waals surface area contributed by atoms with E-state index in [1.165, 1.54) is 0 Å². The van der Waals surface area contributed by atoms with E-state index in [0.29, 0.717) is 32.6 Å². The monoisotopic (exact) mass is 287 g/mol. The van der Waals surface area contributed by atoms with Gasteiger partial charge in [-0.05, 0) is 12.8 Å². The van der Waals surface area contributed by atoms with Gasteiger partial charge in [-0.1, -0.05) is 0 Å². The van der Waals surface area contributed by atoms with Crippen LogP contribution < -0.4 is 5.73 Å². The smallest absolute Gasteiger partial charge is 0.317 e. The van der Waals surface area contributed by atoms with Crippen molar-refractivity contribution in [3.05, 3.63) is 0 Å². The lowest BCUT2D eigenvalue weighted by molar-refractivity contribution is -0.139. The van der Waals surface area contributed by atoms with E-state index in [-0.39, 0.29) is 25.3 Å². The molecule has 1 aliphatic rings. The third-order valence-corrected chi connectivity index (χ3v) is 3.25. The van der Waals surface area contributed by atoms with Crippen molar-refractivity contribution in [1.82, 2.24) is 9.80 Å². The summed E-state index contributed by atoms with van der Waals surface area (Å²) in [6.45, 7) is 2.03. The first-order valence-electron chi connectivity index (χ1n) is 6.60. The number of carboxylic acids is 2. The third-order valence-electron chi connectivity index (χ3n) is 3.25. The number of hydrogen-bond donors (Lipinski definition) is 3. The quantitative estimate of drug-likeness (QED) is 0.560. The number of nitrogens with zero attached hydrogens (tertiary/aromatic N) is 2. The Morgan fingerprint density at radius 1 is 1.05 bits per heavy atom. The molecule has 0 saturated carbocycles. The number of amides is 1. The van der Waals surface area contributed by atoms with Gasteiger partial charge in [0.25, 0.3) is 0 Å². The summed E-state index contributed by atoms with van der Waals surface area (Å²) in [5.74, 6) is -2.12. The minimum Gasteiger partial charge on any atom is -0.481 e. The van der Waals surface area contributed by atoms with Gasteiger partial charge >= 0.3 is 11.9 Å². The van der Waals surface area contributed by atoms with Crippen molar-refractivity contribution in [2.24, 2.45) is 5.73 Å². The molecule has 1 rings (SSSR count). The zero-order chi connectivity index (χ0) is 15.1. The summed E-state index contributed by atoms with van der Waals surface area (Å²) >= 11 is 0. The van der Waals surface area contributed by atoms with Gasteiger partial charge in [0.2, 0.25) is 5.91 Å². The van der Waals surface area contributed by atoms with Gasteiger partial charge in [0.05, 0.1) is 12.6 Å².